The second kappa shape index (κ2) is 5.10. The van der Waals surface area contributed by atoms with Gasteiger partial charge in [0.05, 0.1) is 11.4 Å². The molecule has 0 aromatic heterocycles. The van der Waals surface area contributed by atoms with Gasteiger partial charge in [0.25, 0.3) is 0 Å². The van der Waals surface area contributed by atoms with E-state index in [0.717, 1.165) is 4.47 Å². The molecule has 0 radical (unpaired) electrons. The van der Waals surface area contributed by atoms with E-state index < -0.39 is 10.0 Å². The lowest BCUT2D eigenvalue weighted by Crippen LogP contribution is -2.27. The molecule has 1 amide bonds. The van der Waals surface area contributed by atoms with Gasteiger partial charge in [0, 0.05) is 23.4 Å². The highest BCUT2D eigenvalue weighted by Crippen LogP contribution is 2.34. The Labute approximate surface area is 119 Å². The largest absolute Gasteiger partial charge is 0.506 e. The average molecular weight is 349 g/mol. The molecule has 1 fully saturated rings. The molecule has 0 saturated carbocycles. The zero-order valence-corrected chi connectivity index (χ0v) is 12.3. The molecule has 1 aliphatic heterocycles. The third-order valence-electron chi connectivity index (χ3n) is 2.90. The van der Waals surface area contributed by atoms with Crippen LogP contribution in [0.3, 0.4) is 0 Å². The molecule has 19 heavy (non-hydrogen) atoms. The molecular weight excluding hydrogens is 336 g/mol. The summed E-state index contributed by atoms with van der Waals surface area (Å²) in [6.45, 7) is 0.235. The summed E-state index contributed by atoms with van der Waals surface area (Å²) in [4.78, 5) is 13.3. The summed E-state index contributed by atoms with van der Waals surface area (Å²) in [7, 11) is -3.61. The maximum absolute atomic E-state index is 11.9. The number of hydrogen-bond acceptors (Lipinski definition) is 4. The summed E-state index contributed by atoms with van der Waals surface area (Å²) in [6.07, 6.45) is 0.113. The fourth-order valence-corrected chi connectivity index (χ4v) is 3.40. The number of hydrogen-bond donors (Lipinski definition) is 2. The Balaban J connectivity index is 2.23. The average Bonchev–Trinajstić information content (AvgIpc) is 2.60. The van der Waals surface area contributed by atoms with E-state index in [4.69, 9.17) is 5.14 Å². The lowest BCUT2D eigenvalue weighted by molar-refractivity contribution is -0.117. The second-order valence-corrected chi connectivity index (χ2v) is 7.11. The first-order valence-corrected chi connectivity index (χ1v) is 8.06. The fraction of sp³-hybridized carbons (Fsp3) is 0.364. The Morgan fingerprint density at radius 3 is 2.79 bits per heavy atom. The van der Waals surface area contributed by atoms with Crippen LogP contribution < -0.4 is 10.0 Å². The molecule has 1 heterocycles. The van der Waals surface area contributed by atoms with E-state index in [-0.39, 0.29) is 36.3 Å². The summed E-state index contributed by atoms with van der Waals surface area (Å²) in [6, 6.07) is 4.74. The number of sulfonamides is 1. The molecule has 0 spiro atoms. The van der Waals surface area contributed by atoms with Crippen molar-refractivity contribution in [1.82, 2.24) is 0 Å². The number of primary sulfonamides is 1. The number of nitrogens with two attached hydrogens (primary N) is 1. The molecule has 1 aliphatic rings. The molecule has 1 saturated heterocycles. The normalized spacial score (nSPS) is 20.0. The zero-order chi connectivity index (χ0) is 14.2. The highest BCUT2D eigenvalue weighted by molar-refractivity contribution is 9.10. The number of phenolic OH excluding ortho intramolecular Hbond substituents is 1. The van der Waals surface area contributed by atoms with E-state index in [0.29, 0.717) is 5.69 Å². The van der Waals surface area contributed by atoms with Crippen molar-refractivity contribution < 1.29 is 18.3 Å². The van der Waals surface area contributed by atoms with E-state index in [1.54, 1.807) is 12.1 Å². The molecule has 6 nitrogen and oxygen atoms in total. The van der Waals surface area contributed by atoms with E-state index >= 15 is 0 Å². The second-order valence-electron chi connectivity index (χ2n) is 4.54. The van der Waals surface area contributed by atoms with Crippen LogP contribution in [-0.4, -0.2) is 31.7 Å². The van der Waals surface area contributed by atoms with Crippen molar-refractivity contribution in [2.75, 3.05) is 17.2 Å². The van der Waals surface area contributed by atoms with Crippen LogP contribution in [0.5, 0.6) is 5.75 Å². The van der Waals surface area contributed by atoms with Crippen LogP contribution >= 0.6 is 15.9 Å². The van der Waals surface area contributed by atoms with Gasteiger partial charge in [0.1, 0.15) is 5.75 Å². The Hall–Kier alpha value is -1.12. The summed E-state index contributed by atoms with van der Waals surface area (Å²) >= 11 is 3.26. The molecule has 1 unspecified atom stereocenters. The highest BCUT2D eigenvalue weighted by atomic mass is 79.9. The SMILES string of the molecule is NS(=O)(=O)CC1CC(=O)N(c2cc(Br)ccc2O)C1. The smallest absolute Gasteiger partial charge is 0.227 e. The van der Waals surface area contributed by atoms with Gasteiger partial charge in [-0.15, -0.1) is 0 Å². The topological polar surface area (TPSA) is 101 Å². The summed E-state index contributed by atoms with van der Waals surface area (Å²) in [5, 5.41) is 14.8. The highest BCUT2D eigenvalue weighted by Gasteiger charge is 2.33. The molecule has 104 valence electrons. The van der Waals surface area contributed by atoms with Crippen LogP contribution in [0.2, 0.25) is 0 Å². The van der Waals surface area contributed by atoms with Gasteiger partial charge in [0.2, 0.25) is 15.9 Å². The fourth-order valence-electron chi connectivity index (χ4n) is 2.17. The predicted octanol–water partition coefficient (Wildman–Crippen LogP) is 0.796. The number of rotatable bonds is 3. The van der Waals surface area contributed by atoms with Crippen molar-refractivity contribution in [3.63, 3.8) is 0 Å². The molecule has 8 heteroatoms. The number of anilines is 1. The van der Waals surface area contributed by atoms with Gasteiger partial charge in [-0.1, -0.05) is 15.9 Å². The Bertz CT molecular complexity index is 617. The quantitative estimate of drug-likeness (QED) is 0.843. The van der Waals surface area contributed by atoms with Crippen LogP contribution in [0, 0.1) is 5.92 Å². The van der Waals surface area contributed by atoms with Crippen LogP contribution in [0.4, 0.5) is 5.69 Å². The first-order valence-electron chi connectivity index (χ1n) is 5.55. The standard InChI is InChI=1S/C11H13BrN2O4S/c12-8-1-2-10(15)9(4-8)14-5-7(3-11(14)16)6-19(13,17)18/h1-2,4,7,15H,3,5-6H2,(H2,13,17,18). The van der Waals surface area contributed by atoms with Gasteiger partial charge >= 0.3 is 0 Å². The van der Waals surface area contributed by atoms with E-state index in [1.165, 1.54) is 11.0 Å². The first kappa shape index (κ1) is 14.3. The lowest BCUT2D eigenvalue weighted by atomic mass is 10.1. The summed E-state index contributed by atoms with van der Waals surface area (Å²) in [5.41, 5.74) is 0.372. The van der Waals surface area contributed by atoms with Gasteiger partial charge in [-0.2, -0.15) is 0 Å². The molecular formula is C11H13BrN2O4S. The number of phenols is 1. The minimum atomic E-state index is -3.61. The molecule has 3 N–H and O–H groups in total. The number of nitrogens with zero attached hydrogens (tertiary/aromatic N) is 1. The minimum Gasteiger partial charge on any atom is -0.506 e. The number of amides is 1. The number of aromatic hydroxyl groups is 1. The minimum absolute atomic E-state index is 0.0206. The van der Waals surface area contributed by atoms with E-state index in [1.807, 2.05) is 0 Å². The van der Waals surface area contributed by atoms with Gasteiger partial charge < -0.3 is 10.0 Å². The van der Waals surface area contributed by atoms with Crippen molar-refractivity contribution in [3.05, 3.63) is 22.7 Å². The number of carbonyl (C=O) groups is 1. The Morgan fingerprint density at radius 2 is 2.16 bits per heavy atom. The summed E-state index contributed by atoms with van der Waals surface area (Å²) < 4.78 is 22.8. The van der Waals surface area contributed by atoms with Crippen LogP contribution in [0.25, 0.3) is 0 Å². The molecule has 0 aliphatic carbocycles. The van der Waals surface area contributed by atoms with Gasteiger partial charge in [-0.3, -0.25) is 4.79 Å². The monoisotopic (exact) mass is 348 g/mol. The number of halogens is 1. The van der Waals surface area contributed by atoms with Crippen molar-refractivity contribution in [1.29, 1.82) is 0 Å². The van der Waals surface area contributed by atoms with Gasteiger partial charge in [-0.25, -0.2) is 13.6 Å². The summed E-state index contributed by atoms with van der Waals surface area (Å²) in [5.74, 6) is -0.819. The van der Waals surface area contributed by atoms with Gasteiger partial charge in [0.15, 0.2) is 0 Å². The van der Waals surface area contributed by atoms with Crippen molar-refractivity contribution in [3.8, 4) is 5.75 Å². The van der Waals surface area contributed by atoms with Crippen LogP contribution in [-0.2, 0) is 14.8 Å². The Kier molecular flexibility index (Phi) is 3.84. The van der Waals surface area contributed by atoms with Crippen molar-refractivity contribution >= 4 is 37.5 Å². The number of benzene rings is 1. The van der Waals surface area contributed by atoms with E-state index in [2.05, 4.69) is 15.9 Å². The predicted molar refractivity (Wildman–Crippen MR) is 74.2 cm³/mol. The van der Waals surface area contributed by atoms with Crippen molar-refractivity contribution in [2.45, 2.75) is 6.42 Å². The third-order valence-corrected chi connectivity index (χ3v) is 4.33. The molecule has 0 bridgehead atoms. The van der Waals surface area contributed by atoms with Gasteiger partial charge in [-0.05, 0) is 18.2 Å². The third kappa shape index (κ3) is 3.46. The zero-order valence-electron chi connectivity index (χ0n) is 9.91. The molecule has 1 atom stereocenters. The number of carbonyl (C=O) groups excluding carboxylic acids is 1. The Morgan fingerprint density at radius 1 is 1.47 bits per heavy atom. The van der Waals surface area contributed by atoms with Crippen LogP contribution in [0.15, 0.2) is 22.7 Å². The maximum atomic E-state index is 11.9. The molecule has 1 aromatic rings. The van der Waals surface area contributed by atoms with E-state index in [9.17, 15) is 18.3 Å². The molecule has 2 rings (SSSR count). The first-order chi connectivity index (χ1) is 8.76. The lowest BCUT2D eigenvalue weighted by Gasteiger charge is -2.18. The van der Waals surface area contributed by atoms with Crippen LogP contribution in [0.1, 0.15) is 6.42 Å². The molecule has 1 aromatic carbocycles. The van der Waals surface area contributed by atoms with Crippen molar-refractivity contribution in [2.24, 2.45) is 11.1 Å². The maximum Gasteiger partial charge on any atom is 0.227 e.